The van der Waals surface area contributed by atoms with Crippen LogP contribution in [0.2, 0.25) is 5.02 Å². The van der Waals surface area contributed by atoms with Crippen LogP contribution in [0.25, 0.3) is 0 Å². The van der Waals surface area contributed by atoms with Crippen molar-refractivity contribution in [1.29, 1.82) is 0 Å². The second kappa shape index (κ2) is 4.74. The lowest BCUT2D eigenvalue weighted by atomic mass is 9.50. The number of nitrogens with zero attached hydrogens (tertiary/aromatic N) is 2. The first-order chi connectivity index (χ1) is 9.67. The minimum Gasteiger partial charge on any atom is -0.322 e. The fourth-order valence-electron chi connectivity index (χ4n) is 5.69. The van der Waals surface area contributed by atoms with E-state index in [-0.39, 0.29) is 6.04 Å². The van der Waals surface area contributed by atoms with E-state index in [4.69, 9.17) is 17.3 Å². The van der Waals surface area contributed by atoms with Crippen LogP contribution in [-0.4, -0.2) is 9.78 Å². The van der Waals surface area contributed by atoms with Crippen LogP contribution in [0, 0.1) is 29.6 Å². The van der Waals surface area contributed by atoms with Gasteiger partial charge in [0.25, 0.3) is 0 Å². The van der Waals surface area contributed by atoms with Gasteiger partial charge in [0.2, 0.25) is 0 Å². The molecule has 4 aliphatic carbocycles. The van der Waals surface area contributed by atoms with Crippen LogP contribution >= 0.6 is 11.6 Å². The highest BCUT2D eigenvalue weighted by molar-refractivity contribution is 6.31. The topological polar surface area (TPSA) is 43.8 Å². The Morgan fingerprint density at radius 1 is 1.25 bits per heavy atom. The minimum atomic E-state index is 0.0694. The third-order valence-corrected chi connectivity index (χ3v) is 6.45. The molecule has 4 bridgehead atoms. The molecule has 0 saturated heterocycles. The van der Waals surface area contributed by atoms with Gasteiger partial charge < -0.3 is 5.73 Å². The lowest BCUT2D eigenvalue weighted by Gasteiger charge is -2.56. The van der Waals surface area contributed by atoms with Crippen LogP contribution in [0.5, 0.6) is 0 Å². The summed E-state index contributed by atoms with van der Waals surface area (Å²) in [4.78, 5) is 0. The molecule has 4 saturated carbocycles. The van der Waals surface area contributed by atoms with Crippen molar-refractivity contribution in [3.63, 3.8) is 0 Å². The number of aryl methyl sites for hydroxylation is 1. The Morgan fingerprint density at radius 2 is 1.85 bits per heavy atom. The number of nitrogens with two attached hydrogens (primary N) is 1. The Kier molecular flexibility index (Phi) is 3.11. The van der Waals surface area contributed by atoms with E-state index in [0.29, 0.717) is 5.92 Å². The Hall–Kier alpha value is -0.540. The van der Waals surface area contributed by atoms with Crippen LogP contribution in [0.1, 0.15) is 50.8 Å². The van der Waals surface area contributed by atoms with Crippen molar-refractivity contribution in [3.8, 4) is 0 Å². The standard InChI is InChI=1S/C16H24ClN3/c1-2-20-16(13(17)8-19-20)15(18)14-11-4-9-3-10(6-11)7-12(14)5-9/h8-12,14-15H,2-7,18H2,1H3. The molecule has 0 spiro atoms. The lowest BCUT2D eigenvalue weighted by Crippen LogP contribution is -2.49. The summed E-state index contributed by atoms with van der Waals surface area (Å²) >= 11 is 6.37. The van der Waals surface area contributed by atoms with Gasteiger partial charge in [-0.3, -0.25) is 4.68 Å². The maximum Gasteiger partial charge on any atom is 0.0834 e. The predicted molar refractivity (Wildman–Crippen MR) is 80.4 cm³/mol. The smallest absolute Gasteiger partial charge is 0.0834 e. The first-order valence-corrected chi connectivity index (χ1v) is 8.52. The molecule has 1 aromatic rings. The first-order valence-electron chi connectivity index (χ1n) is 8.14. The van der Waals surface area contributed by atoms with E-state index in [1.54, 1.807) is 6.20 Å². The largest absolute Gasteiger partial charge is 0.322 e. The first kappa shape index (κ1) is 13.1. The van der Waals surface area contributed by atoms with E-state index in [9.17, 15) is 0 Å². The van der Waals surface area contributed by atoms with Gasteiger partial charge in [-0.25, -0.2) is 0 Å². The molecule has 1 unspecified atom stereocenters. The molecule has 20 heavy (non-hydrogen) atoms. The van der Waals surface area contributed by atoms with Crippen LogP contribution in [0.3, 0.4) is 0 Å². The van der Waals surface area contributed by atoms with Gasteiger partial charge in [-0.1, -0.05) is 11.6 Å². The Morgan fingerprint density at radius 3 is 2.40 bits per heavy atom. The molecule has 4 fully saturated rings. The van der Waals surface area contributed by atoms with E-state index in [1.165, 1.54) is 32.1 Å². The lowest BCUT2D eigenvalue weighted by molar-refractivity contribution is -0.0481. The highest BCUT2D eigenvalue weighted by atomic mass is 35.5. The Bertz CT molecular complexity index is 482. The molecule has 0 aliphatic heterocycles. The zero-order valence-electron chi connectivity index (χ0n) is 12.1. The molecule has 4 heteroatoms. The number of aromatic nitrogens is 2. The summed E-state index contributed by atoms with van der Waals surface area (Å²) in [6, 6.07) is 0.0694. The molecule has 0 amide bonds. The zero-order valence-corrected chi connectivity index (χ0v) is 12.9. The summed E-state index contributed by atoms with van der Waals surface area (Å²) in [5.74, 6) is 4.28. The fraction of sp³-hybridized carbons (Fsp3) is 0.812. The molecular weight excluding hydrogens is 270 g/mol. The van der Waals surface area contributed by atoms with Crippen molar-refractivity contribution >= 4 is 11.6 Å². The minimum absolute atomic E-state index is 0.0694. The predicted octanol–water partition coefficient (Wildman–Crippen LogP) is 3.63. The van der Waals surface area contributed by atoms with Crippen molar-refractivity contribution in [3.05, 3.63) is 16.9 Å². The number of hydrogen-bond donors (Lipinski definition) is 1. The van der Waals surface area contributed by atoms with Crippen LogP contribution in [0.4, 0.5) is 0 Å². The van der Waals surface area contributed by atoms with Crippen molar-refractivity contribution < 1.29 is 0 Å². The fourth-order valence-corrected chi connectivity index (χ4v) is 5.96. The molecule has 0 aromatic carbocycles. The molecule has 1 heterocycles. The van der Waals surface area contributed by atoms with Crippen LogP contribution in [-0.2, 0) is 6.54 Å². The highest BCUT2D eigenvalue weighted by Gasteiger charge is 2.50. The molecular formula is C16H24ClN3. The summed E-state index contributed by atoms with van der Waals surface area (Å²) in [5.41, 5.74) is 7.77. The number of halogens is 1. The van der Waals surface area contributed by atoms with E-state index in [1.807, 2.05) is 4.68 Å². The number of rotatable bonds is 3. The van der Waals surface area contributed by atoms with Crippen molar-refractivity contribution in [2.24, 2.45) is 35.3 Å². The molecule has 3 nitrogen and oxygen atoms in total. The third kappa shape index (κ3) is 1.86. The Labute approximate surface area is 125 Å². The van der Waals surface area contributed by atoms with Crippen LogP contribution in [0.15, 0.2) is 6.20 Å². The maximum absolute atomic E-state index is 6.70. The normalized spacial score (nSPS) is 40.2. The average molecular weight is 294 g/mol. The van der Waals surface area contributed by atoms with E-state index < -0.39 is 0 Å². The second-order valence-corrected chi connectivity index (χ2v) is 7.63. The van der Waals surface area contributed by atoms with Gasteiger partial charge in [0.15, 0.2) is 0 Å². The van der Waals surface area contributed by atoms with Crippen molar-refractivity contribution in [2.45, 2.75) is 51.6 Å². The second-order valence-electron chi connectivity index (χ2n) is 7.23. The van der Waals surface area contributed by atoms with Gasteiger partial charge in [0.05, 0.1) is 23.0 Å². The summed E-state index contributed by atoms with van der Waals surface area (Å²) in [6.07, 6.45) is 8.87. The monoisotopic (exact) mass is 293 g/mol. The molecule has 5 rings (SSSR count). The summed E-state index contributed by atoms with van der Waals surface area (Å²) in [6.45, 7) is 2.96. The Balaban J connectivity index is 1.65. The molecule has 4 aliphatic rings. The van der Waals surface area contributed by atoms with Gasteiger partial charge in [0, 0.05) is 6.54 Å². The number of hydrogen-bond acceptors (Lipinski definition) is 2. The van der Waals surface area contributed by atoms with Gasteiger partial charge in [-0.15, -0.1) is 0 Å². The maximum atomic E-state index is 6.70. The summed E-state index contributed by atoms with van der Waals surface area (Å²) in [5, 5.41) is 5.13. The van der Waals surface area contributed by atoms with Gasteiger partial charge >= 0.3 is 0 Å². The van der Waals surface area contributed by atoms with E-state index in [2.05, 4.69) is 12.0 Å². The van der Waals surface area contributed by atoms with Crippen molar-refractivity contribution in [1.82, 2.24) is 9.78 Å². The van der Waals surface area contributed by atoms with E-state index >= 15 is 0 Å². The molecule has 110 valence electrons. The van der Waals surface area contributed by atoms with Crippen LogP contribution < -0.4 is 5.73 Å². The van der Waals surface area contributed by atoms with Gasteiger partial charge in [-0.2, -0.15) is 5.10 Å². The summed E-state index contributed by atoms with van der Waals surface area (Å²) in [7, 11) is 0. The SMILES string of the molecule is CCn1ncc(Cl)c1C(N)C1C2CC3CC(C2)CC1C3. The van der Waals surface area contributed by atoms with Crippen molar-refractivity contribution in [2.75, 3.05) is 0 Å². The molecule has 2 N–H and O–H groups in total. The molecule has 1 atom stereocenters. The average Bonchev–Trinajstić information content (AvgIpc) is 2.78. The quantitative estimate of drug-likeness (QED) is 0.925. The third-order valence-electron chi connectivity index (χ3n) is 6.16. The van der Waals surface area contributed by atoms with E-state index in [0.717, 1.165) is 40.9 Å². The van der Waals surface area contributed by atoms with Gasteiger partial charge in [0.1, 0.15) is 0 Å². The van der Waals surface area contributed by atoms with Gasteiger partial charge in [-0.05, 0) is 68.6 Å². The zero-order chi connectivity index (χ0) is 13.9. The summed E-state index contributed by atoms with van der Waals surface area (Å²) < 4.78 is 2.00. The molecule has 0 radical (unpaired) electrons. The highest BCUT2D eigenvalue weighted by Crippen LogP contribution is 2.59. The molecule has 1 aromatic heterocycles.